The predicted octanol–water partition coefficient (Wildman–Crippen LogP) is 2.60. The van der Waals surface area contributed by atoms with Crippen LogP contribution < -0.4 is 10.5 Å². The van der Waals surface area contributed by atoms with Gasteiger partial charge in [0.15, 0.2) is 12.4 Å². The SMILES string of the molecule is CC(N)c1cnc(OCC(F)(F)F)c(F)c1.Cl. The molecule has 0 bridgehead atoms. The van der Waals surface area contributed by atoms with Crippen molar-refractivity contribution in [3.63, 3.8) is 0 Å². The minimum atomic E-state index is -4.52. The highest BCUT2D eigenvalue weighted by atomic mass is 35.5. The summed E-state index contributed by atoms with van der Waals surface area (Å²) >= 11 is 0. The number of hydrogen-bond donors (Lipinski definition) is 1. The molecule has 0 fully saturated rings. The van der Waals surface area contributed by atoms with E-state index in [-0.39, 0.29) is 12.4 Å². The van der Waals surface area contributed by atoms with Crippen LogP contribution in [0.2, 0.25) is 0 Å². The highest BCUT2D eigenvalue weighted by Crippen LogP contribution is 2.21. The van der Waals surface area contributed by atoms with Crippen molar-refractivity contribution in [1.82, 2.24) is 4.98 Å². The summed E-state index contributed by atoms with van der Waals surface area (Å²) in [5.41, 5.74) is 5.83. The Hall–Kier alpha value is -1.08. The Bertz CT molecular complexity index is 371. The molecule has 0 aromatic carbocycles. The van der Waals surface area contributed by atoms with Crippen LogP contribution in [0.15, 0.2) is 12.3 Å². The second kappa shape index (κ2) is 6.02. The van der Waals surface area contributed by atoms with Gasteiger partial charge in [0.25, 0.3) is 5.88 Å². The van der Waals surface area contributed by atoms with Crippen LogP contribution >= 0.6 is 12.4 Å². The van der Waals surface area contributed by atoms with E-state index in [0.717, 1.165) is 6.07 Å². The lowest BCUT2D eigenvalue weighted by atomic mass is 10.1. The van der Waals surface area contributed by atoms with E-state index in [1.54, 1.807) is 6.92 Å². The van der Waals surface area contributed by atoms with Gasteiger partial charge in [0.05, 0.1) is 0 Å². The molecule has 0 spiro atoms. The van der Waals surface area contributed by atoms with E-state index in [1.165, 1.54) is 6.20 Å². The van der Waals surface area contributed by atoms with Gasteiger partial charge < -0.3 is 10.5 Å². The molecule has 1 aromatic rings. The maximum absolute atomic E-state index is 13.2. The number of rotatable bonds is 3. The molecule has 0 aliphatic carbocycles. The molecule has 0 aliphatic heterocycles. The van der Waals surface area contributed by atoms with Crippen molar-refractivity contribution in [3.8, 4) is 5.88 Å². The average molecular weight is 275 g/mol. The second-order valence-electron chi connectivity index (χ2n) is 3.25. The zero-order valence-electron chi connectivity index (χ0n) is 8.79. The number of hydrogen-bond acceptors (Lipinski definition) is 3. The van der Waals surface area contributed by atoms with Gasteiger partial charge in [-0.3, -0.25) is 0 Å². The molecule has 8 heteroatoms. The Morgan fingerprint density at radius 1 is 1.47 bits per heavy atom. The highest BCUT2D eigenvalue weighted by molar-refractivity contribution is 5.85. The van der Waals surface area contributed by atoms with E-state index in [1.807, 2.05) is 0 Å². The molecule has 1 aromatic heterocycles. The summed E-state index contributed by atoms with van der Waals surface area (Å²) in [4.78, 5) is 3.43. The van der Waals surface area contributed by atoms with Gasteiger partial charge in [-0.15, -0.1) is 12.4 Å². The predicted molar refractivity (Wildman–Crippen MR) is 55.6 cm³/mol. The smallest absolute Gasteiger partial charge is 0.422 e. The Morgan fingerprint density at radius 3 is 2.47 bits per heavy atom. The number of nitrogens with zero attached hydrogens (tertiary/aromatic N) is 1. The Balaban J connectivity index is 0.00000256. The number of nitrogens with two attached hydrogens (primary N) is 1. The van der Waals surface area contributed by atoms with Crippen LogP contribution in [0.25, 0.3) is 0 Å². The van der Waals surface area contributed by atoms with E-state index in [9.17, 15) is 17.6 Å². The van der Waals surface area contributed by atoms with Crippen molar-refractivity contribution in [3.05, 3.63) is 23.6 Å². The number of alkyl halides is 3. The van der Waals surface area contributed by atoms with Crippen molar-refractivity contribution in [2.24, 2.45) is 5.73 Å². The summed E-state index contributed by atoms with van der Waals surface area (Å²) in [6.45, 7) is 0.0289. The van der Waals surface area contributed by atoms with Gasteiger partial charge in [-0.05, 0) is 18.6 Å². The van der Waals surface area contributed by atoms with E-state index >= 15 is 0 Å². The van der Waals surface area contributed by atoms with E-state index in [0.29, 0.717) is 5.56 Å². The largest absolute Gasteiger partial charge is 0.466 e. The van der Waals surface area contributed by atoms with Gasteiger partial charge >= 0.3 is 6.18 Å². The van der Waals surface area contributed by atoms with Crippen LogP contribution in [0.3, 0.4) is 0 Å². The molecule has 1 atom stereocenters. The van der Waals surface area contributed by atoms with Crippen LogP contribution in [-0.4, -0.2) is 17.8 Å². The molecule has 98 valence electrons. The van der Waals surface area contributed by atoms with Crippen LogP contribution in [0.5, 0.6) is 5.88 Å². The van der Waals surface area contributed by atoms with Crippen LogP contribution in [0.4, 0.5) is 17.6 Å². The fraction of sp³-hybridized carbons (Fsp3) is 0.444. The molecule has 2 N–H and O–H groups in total. The summed E-state index contributed by atoms with van der Waals surface area (Å²) < 4.78 is 52.7. The van der Waals surface area contributed by atoms with Crippen LogP contribution in [-0.2, 0) is 0 Å². The first-order valence-corrected chi connectivity index (χ1v) is 4.40. The summed E-state index contributed by atoms with van der Waals surface area (Å²) in [5, 5.41) is 0. The zero-order valence-corrected chi connectivity index (χ0v) is 9.61. The number of pyridine rings is 1. The minimum Gasteiger partial charge on any atom is -0.466 e. The third-order valence-electron chi connectivity index (χ3n) is 1.73. The lowest BCUT2D eigenvalue weighted by Crippen LogP contribution is -2.20. The van der Waals surface area contributed by atoms with E-state index < -0.39 is 30.5 Å². The molecule has 3 nitrogen and oxygen atoms in total. The molecular formula is C9H11ClF4N2O. The zero-order chi connectivity index (χ0) is 12.3. The highest BCUT2D eigenvalue weighted by Gasteiger charge is 2.29. The molecule has 17 heavy (non-hydrogen) atoms. The molecule has 1 unspecified atom stereocenters. The average Bonchev–Trinajstić information content (AvgIpc) is 2.14. The van der Waals surface area contributed by atoms with Gasteiger partial charge in [0.1, 0.15) is 0 Å². The second-order valence-corrected chi connectivity index (χ2v) is 3.25. The number of ether oxygens (including phenoxy) is 1. The van der Waals surface area contributed by atoms with Gasteiger partial charge in [-0.2, -0.15) is 13.2 Å². The van der Waals surface area contributed by atoms with Gasteiger partial charge in [0, 0.05) is 12.2 Å². The summed E-state index contributed by atoms with van der Waals surface area (Å²) in [6, 6.07) is 0.558. The summed E-state index contributed by atoms with van der Waals surface area (Å²) in [6.07, 6.45) is -3.34. The molecule has 0 aliphatic rings. The first kappa shape index (κ1) is 15.9. The number of aromatic nitrogens is 1. The Labute approximate surface area is 101 Å². The van der Waals surface area contributed by atoms with Gasteiger partial charge in [0.2, 0.25) is 0 Å². The Kier molecular flexibility index (Phi) is 5.63. The first-order chi connectivity index (χ1) is 7.29. The van der Waals surface area contributed by atoms with E-state index in [4.69, 9.17) is 5.73 Å². The molecular weight excluding hydrogens is 264 g/mol. The van der Waals surface area contributed by atoms with Gasteiger partial charge in [-0.25, -0.2) is 9.37 Å². The topological polar surface area (TPSA) is 48.1 Å². The lowest BCUT2D eigenvalue weighted by Gasteiger charge is -2.10. The maximum atomic E-state index is 13.2. The third kappa shape index (κ3) is 5.18. The molecule has 0 amide bonds. The van der Waals surface area contributed by atoms with E-state index in [2.05, 4.69) is 9.72 Å². The van der Waals surface area contributed by atoms with Crippen molar-refractivity contribution in [1.29, 1.82) is 0 Å². The summed E-state index contributed by atoms with van der Waals surface area (Å²) in [5.74, 6) is -1.64. The fourth-order valence-electron chi connectivity index (χ4n) is 0.946. The third-order valence-corrected chi connectivity index (χ3v) is 1.73. The normalized spacial score (nSPS) is 12.8. The van der Waals surface area contributed by atoms with Crippen molar-refractivity contribution in [2.75, 3.05) is 6.61 Å². The summed E-state index contributed by atoms with van der Waals surface area (Å²) in [7, 11) is 0. The lowest BCUT2D eigenvalue weighted by molar-refractivity contribution is -0.154. The Morgan fingerprint density at radius 2 is 2.06 bits per heavy atom. The monoisotopic (exact) mass is 274 g/mol. The number of halogens is 5. The fourth-order valence-corrected chi connectivity index (χ4v) is 0.946. The van der Waals surface area contributed by atoms with Crippen molar-refractivity contribution in [2.45, 2.75) is 19.1 Å². The standard InChI is InChI=1S/C9H10F4N2O.ClH/c1-5(14)6-2-7(10)8(15-3-6)16-4-9(11,12)13;/h2-3,5H,4,14H2,1H3;1H. The van der Waals surface area contributed by atoms with Crippen LogP contribution in [0, 0.1) is 5.82 Å². The first-order valence-electron chi connectivity index (χ1n) is 4.40. The molecule has 1 rings (SSSR count). The maximum Gasteiger partial charge on any atom is 0.422 e. The molecule has 0 saturated heterocycles. The molecule has 1 heterocycles. The van der Waals surface area contributed by atoms with Gasteiger partial charge in [-0.1, -0.05) is 0 Å². The minimum absolute atomic E-state index is 0. The van der Waals surface area contributed by atoms with Crippen LogP contribution in [0.1, 0.15) is 18.5 Å². The molecule has 0 saturated carbocycles. The van der Waals surface area contributed by atoms with Crippen molar-refractivity contribution < 1.29 is 22.3 Å². The van der Waals surface area contributed by atoms with Crippen molar-refractivity contribution >= 4 is 12.4 Å². The molecule has 0 radical (unpaired) electrons. The quantitative estimate of drug-likeness (QED) is 0.862.